The largest absolute Gasteiger partial charge is 0.358 e. The van der Waals surface area contributed by atoms with Crippen molar-refractivity contribution in [3.8, 4) is 6.07 Å². The Balaban J connectivity index is 2.12. The van der Waals surface area contributed by atoms with Gasteiger partial charge in [-0.05, 0) is 31.4 Å². The standard InChI is InChI=1S/C13H13N3O/c14-8-9-4-3-6-10-12(9)15-13(17)11-5-1-2-7-16(10)11/h3-4,6,11H,1-2,5,7H2,(H,15,17). The molecule has 1 amide bonds. The Kier molecular flexibility index (Phi) is 2.25. The van der Waals surface area contributed by atoms with E-state index in [1.165, 1.54) is 0 Å². The zero-order chi connectivity index (χ0) is 11.8. The van der Waals surface area contributed by atoms with Gasteiger partial charge in [-0.15, -0.1) is 0 Å². The number of anilines is 2. The minimum atomic E-state index is -0.0507. The number of benzene rings is 1. The van der Waals surface area contributed by atoms with Crippen molar-refractivity contribution in [2.75, 3.05) is 16.8 Å². The molecule has 0 aromatic heterocycles. The maximum absolute atomic E-state index is 12.0. The molecule has 1 unspecified atom stereocenters. The molecule has 4 heteroatoms. The summed E-state index contributed by atoms with van der Waals surface area (Å²) in [5.41, 5.74) is 2.21. The number of carbonyl (C=O) groups excluding carboxylic acids is 1. The monoisotopic (exact) mass is 227 g/mol. The van der Waals surface area contributed by atoms with Crippen molar-refractivity contribution in [2.24, 2.45) is 0 Å². The summed E-state index contributed by atoms with van der Waals surface area (Å²) in [4.78, 5) is 14.1. The number of hydrogen-bond donors (Lipinski definition) is 1. The molecule has 3 rings (SSSR count). The van der Waals surface area contributed by atoms with Gasteiger partial charge < -0.3 is 10.2 Å². The quantitative estimate of drug-likeness (QED) is 0.736. The number of nitrogens with zero attached hydrogens (tertiary/aromatic N) is 2. The van der Waals surface area contributed by atoms with Crippen molar-refractivity contribution in [1.82, 2.24) is 0 Å². The van der Waals surface area contributed by atoms with E-state index in [0.717, 1.165) is 31.5 Å². The van der Waals surface area contributed by atoms with Crippen LogP contribution in [0.3, 0.4) is 0 Å². The summed E-state index contributed by atoms with van der Waals surface area (Å²) in [7, 11) is 0. The zero-order valence-corrected chi connectivity index (χ0v) is 9.44. The van der Waals surface area contributed by atoms with E-state index in [-0.39, 0.29) is 11.9 Å². The van der Waals surface area contributed by atoms with E-state index in [9.17, 15) is 4.79 Å². The molecule has 1 aromatic carbocycles. The molecule has 1 fully saturated rings. The fraction of sp³-hybridized carbons (Fsp3) is 0.385. The number of carbonyl (C=O) groups is 1. The molecule has 1 atom stereocenters. The van der Waals surface area contributed by atoms with Gasteiger partial charge in [0.2, 0.25) is 5.91 Å². The molecular formula is C13H13N3O. The summed E-state index contributed by atoms with van der Waals surface area (Å²) in [6.45, 7) is 0.903. The lowest BCUT2D eigenvalue weighted by Crippen LogP contribution is -2.50. The highest BCUT2D eigenvalue weighted by molar-refractivity contribution is 6.05. The van der Waals surface area contributed by atoms with Crippen LogP contribution < -0.4 is 10.2 Å². The number of hydrogen-bond acceptors (Lipinski definition) is 3. The van der Waals surface area contributed by atoms with Gasteiger partial charge in [0.15, 0.2) is 0 Å². The van der Waals surface area contributed by atoms with Crippen LogP contribution in [0.4, 0.5) is 11.4 Å². The molecule has 0 saturated carbocycles. The first-order valence-corrected chi connectivity index (χ1v) is 5.92. The van der Waals surface area contributed by atoms with Crippen molar-refractivity contribution in [2.45, 2.75) is 25.3 Å². The molecule has 2 aliphatic rings. The minimum Gasteiger partial charge on any atom is -0.358 e. The summed E-state index contributed by atoms with van der Waals surface area (Å²) in [5.74, 6) is 0.0277. The second-order valence-corrected chi connectivity index (χ2v) is 4.51. The fourth-order valence-electron chi connectivity index (χ4n) is 2.70. The van der Waals surface area contributed by atoms with Crippen LogP contribution in [0.1, 0.15) is 24.8 Å². The van der Waals surface area contributed by atoms with Gasteiger partial charge in [-0.2, -0.15) is 5.26 Å². The van der Waals surface area contributed by atoms with Gasteiger partial charge in [-0.25, -0.2) is 0 Å². The first kappa shape index (κ1) is 10.2. The van der Waals surface area contributed by atoms with Crippen LogP contribution in [0.5, 0.6) is 0 Å². The summed E-state index contributed by atoms with van der Waals surface area (Å²) in [6.07, 6.45) is 3.11. The van der Waals surface area contributed by atoms with Crippen LogP contribution in [-0.2, 0) is 4.79 Å². The highest BCUT2D eigenvalue weighted by Gasteiger charge is 2.35. The van der Waals surface area contributed by atoms with E-state index < -0.39 is 0 Å². The molecular weight excluding hydrogens is 214 g/mol. The average molecular weight is 227 g/mol. The predicted molar refractivity (Wildman–Crippen MR) is 64.8 cm³/mol. The molecule has 17 heavy (non-hydrogen) atoms. The molecule has 1 saturated heterocycles. The van der Waals surface area contributed by atoms with Crippen molar-refractivity contribution in [3.63, 3.8) is 0 Å². The number of amides is 1. The normalized spacial score (nSPS) is 22.2. The van der Waals surface area contributed by atoms with E-state index in [4.69, 9.17) is 5.26 Å². The van der Waals surface area contributed by atoms with Crippen LogP contribution in [-0.4, -0.2) is 18.5 Å². The van der Waals surface area contributed by atoms with E-state index in [0.29, 0.717) is 11.3 Å². The third-order valence-electron chi connectivity index (χ3n) is 3.53. The number of nitrogens with one attached hydrogen (secondary N) is 1. The smallest absolute Gasteiger partial charge is 0.247 e. The molecule has 1 aromatic rings. The Morgan fingerprint density at radius 3 is 3.12 bits per heavy atom. The highest BCUT2D eigenvalue weighted by Crippen LogP contribution is 2.37. The third kappa shape index (κ3) is 1.47. The van der Waals surface area contributed by atoms with Gasteiger partial charge in [-0.1, -0.05) is 6.07 Å². The fourth-order valence-corrected chi connectivity index (χ4v) is 2.70. The zero-order valence-electron chi connectivity index (χ0n) is 9.44. The van der Waals surface area contributed by atoms with E-state index >= 15 is 0 Å². The van der Waals surface area contributed by atoms with Crippen LogP contribution >= 0.6 is 0 Å². The summed E-state index contributed by atoms with van der Waals surface area (Å²) < 4.78 is 0. The summed E-state index contributed by atoms with van der Waals surface area (Å²) in [5, 5.41) is 11.9. The Hall–Kier alpha value is -2.02. The van der Waals surface area contributed by atoms with Crippen molar-refractivity contribution in [1.29, 1.82) is 5.26 Å². The number of rotatable bonds is 0. The maximum atomic E-state index is 12.0. The Morgan fingerprint density at radius 1 is 1.41 bits per heavy atom. The van der Waals surface area contributed by atoms with Gasteiger partial charge in [0.25, 0.3) is 0 Å². The Bertz CT molecular complexity index is 518. The number of nitriles is 1. The molecule has 0 radical (unpaired) electrons. The van der Waals surface area contributed by atoms with Crippen LogP contribution in [0.25, 0.3) is 0 Å². The van der Waals surface area contributed by atoms with Gasteiger partial charge in [0, 0.05) is 6.54 Å². The third-order valence-corrected chi connectivity index (χ3v) is 3.53. The predicted octanol–water partition coefficient (Wildman–Crippen LogP) is 1.87. The molecule has 0 aliphatic carbocycles. The van der Waals surface area contributed by atoms with Crippen LogP contribution in [0, 0.1) is 11.3 Å². The van der Waals surface area contributed by atoms with Gasteiger partial charge in [-0.3, -0.25) is 4.79 Å². The van der Waals surface area contributed by atoms with E-state index in [2.05, 4.69) is 16.3 Å². The SMILES string of the molecule is N#Cc1cccc2c1NC(=O)C1CCCCN21. The van der Waals surface area contributed by atoms with Crippen molar-refractivity contribution >= 4 is 17.3 Å². The van der Waals surface area contributed by atoms with Gasteiger partial charge >= 0.3 is 0 Å². The molecule has 2 aliphatic heterocycles. The van der Waals surface area contributed by atoms with Crippen LogP contribution in [0.2, 0.25) is 0 Å². The first-order chi connectivity index (χ1) is 8.31. The molecule has 0 bridgehead atoms. The highest BCUT2D eigenvalue weighted by atomic mass is 16.2. The first-order valence-electron chi connectivity index (χ1n) is 5.92. The summed E-state index contributed by atoms with van der Waals surface area (Å²) >= 11 is 0. The second kappa shape index (κ2) is 3.77. The van der Waals surface area contributed by atoms with Gasteiger partial charge in [0.1, 0.15) is 12.1 Å². The lowest BCUT2D eigenvalue weighted by Gasteiger charge is -2.41. The second-order valence-electron chi connectivity index (χ2n) is 4.51. The Morgan fingerprint density at radius 2 is 2.29 bits per heavy atom. The van der Waals surface area contributed by atoms with E-state index in [1.807, 2.05) is 12.1 Å². The molecule has 0 spiro atoms. The molecule has 2 heterocycles. The van der Waals surface area contributed by atoms with Crippen molar-refractivity contribution in [3.05, 3.63) is 23.8 Å². The number of para-hydroxylation sites is 1. The molecule has 86 valence electrons. The van der Waals surface area contributed by atoms with Crippen molar-refractivity contribution < 1.29 is 4.79 Å². The van der Waals surface area contributed by atoms with Crippen LogP contribution in [0.15, 0.2) is 18.2 Å². The lowest BCUT2D eigenvalue weighted by molar-refractivity contribution is -0.118. The lowest BCUT2D eigenvalue weighted by atomic mass is 9.96. The van der Waals surface area contributed by atoms with E-state index in [1.54, 1.807) is 6.07 Å². The average Bonchev–Trinajstić information content (AvgIpc) is 2.39. The topological polar surface area (TPSA) is 56.1 Å². The maximum Gasteiger partial charge on any atom is 0.247 e. The Labute approximate surface area is 99.8 Å². The summed E-state index contributed by atoms with van der Waals surface area (Å²) in [6, 6.07) is 7.67. The molecule has 1 N–H and O–H groups in total. The minimum absolute atomic E-state index is 0.0277. The number of piperidine rings is 1. The van der Waals surface area contributed by atoms with Gasteiger partial charge in [0.05, 0.1) is 16.9 Å². The molecule has 4 nitrogen and oxygen atoms in total. The number of fused-ring (bicyclic) bond motifs is 3.